The fourth-order valence-corrected chi connectivity index (χ4v) is 4.44. The molecule has 0 N–H and O–H groups in total. The number of nitrogens with zero attached hydrogens (tertiary/aromatic N) is 2. The van der Waals surface area contributed by atoms with Crippen molar-refractivity contribution in [3.63, 3.8) is 0 Å². The molecule has 0 spiro atoms. The van der Waals surface area contributed by atoms with E-state index in [0.29, 0.717) is 24.2 Å². The summed E-state index contributed by atoms with van der Waals surface area (Å²) in [6.45, 7) is 0.154. The summed E-state index contributed by atoms with van der Waals surface area (Å²) >= 11 is 3.27. The molecule has 0 saturated heterocycles. The molecule has 0 aliphatic carbocycles. The highest BCUT2D eigenvalue weighted by atomic mass is 79.9. The number of rotatable bonds is 5. The third kappa shape index (κ3) is 3.96. The Morgan fingerprint density at radius 2 is 1.86 bits per heavy atom. The number of anilines is 1. The summed E-state index contributed by atoms with van der Waals surface area (Å²) in [5.74, 6) is -0.763. The molecule has 2 aromatic rings. The highest BCUT2D eigenvalue weighted by Crippen LogP contribution is 2.29. The molecule has 0 fully saturated rings. The average Bonchev–Trinajstić information content (AvgIpc) is 3.10. The van der Waals surface area contributed by atoms with E-state index in [4.69, 9.17) is 4.74 Å². The minimum Gasteiger partial charge on any atom is -0.465 e. The number of halogens is 1. The van der Waals surface area contributed by atoms with Crippen molar-refractivity contribution in [3.05, 3.63) is 58.1 Å². The van der Waals surface area contributed by atoms with Gasteiger partial charge in [-0.05, 0) is 54.4 Å². The van der Waals surface area contributed by atoms with Crippen LogP contribution in [0.2, 0.25) is 0 Å². The highest BCUT2D eigenvalue weighted by molar-refractivity contribution is 9.10. The molecule has 1 aliphatic rings. The lowest BCUT2D eigenvalue weighted by molar-refractivity contribution is -0.118. The van der Waals surface area contributed by atoms with Crippen molar-refractivity contribution in [2.45, 2.75) is 11.3 Å². The molecule has 0 saturated carbocycles. The largest absolute Gasteiger partial charge is 0.465 e. The van der Waals surface area contributed by atoms with E-state index in [9.17, 15) is 18.0 Å². The van der Waals surface area contributed by atoms with Crippen molar-refractivity contribution >= 4 is 43.5 Å². The van der Waals surface area contributed by atoms with Gasteiger partial charge >= 0.3 is 5.97 Å². The predicted molar refractivity (Wildman–Crippen MR) is 108 cm³/mol. The van der Waals surface area contributed by atoms with Crippen molar-refractivity contribution in [1.82, 2.24) is 4.31 Å². The van der Waals surface area contributed by atoms with Crippen molar-refractivity contribution < 1.29 is 22.7 Å². The van der Waals surface area contributed by atoms with E-state index in [2.05, 4.69) is 15.9 Å². The Bertz CT molecular complexity index is 1020. The average molecular weight is 467 g/mol. The minimum absolute atomic E-state index is 0.121. The van der Waals surface area contributed by atoms with Crippen LogP contribution in [0.25, 0.3) is 0 Å². The fourth-order valence-electron chi connectivity index (χ4n) is 3.05. The van der Waals surface area contributed by atoms with Gasteiger partial charge in [0, 0.05) is 23.8 Å². The van der Waals surface area contributed by atoms with Gasteiger partial charge < -0.3 is 9.64 Å². The first kappa shape index (κ1) is 20.5. The molecule has 148 valence electrons. The van der Waals surface area contributed by atoms with Gasteiger partial charge in [-0.15, -0.1) is 0 Å². The molecule has 3 rings (SSSR count). The first-order chi connectivity index (χ1) is 13.2. The first-order valence-corrected chi connectivity index (χ1v) is 10.7. The van der Waals surface area contributed by atoms with Crippen LogP contribution in [0.15, 0.2) is 51.8 Å². The van der Waals surface area contributed by atoms with E-state index >= 15 is 0 Å². The number of methoxy groups -OCH3 is 1. The number of benzene rings is 2. The number of sulfonamides is 1. The molecule has 28 heavy (non-hydrogen) atoms. The quantitative estimate of drug-likeness (QED) is 0.631. The van der Waals surface area contributed by atoms with Crippen LogP contribution in [0.3, 0.4) is 0 Å². The fraction of sp³-hybridized carbons (Fsp3) is 0.263. The second-order valence-electron chi connectivity index (χ2n) is 6.35. The Kier molecular flexibility index (Phi) is 5.87. The SMILES string of the molecule is COC(=O)c1ccc2c(c1)CCN2C(=O)CN(C)S(=O)(=O)c1ccc(Br)cc1. The van der Waals surface area contributed by atoms with Gasteiger partial charge in [0.1, 0.15) is 0 Å². The zero-order valence-electron chi connectivity index (χ0n) is 15.4. The second kappa shape index (κ2) is 8.02. The Morgan fingerprint density at radius 3 is 2.50 bits per heavy atom. The number of carbonyl (C=O) groups excluding carboxylic acids is 2. The number of hydrogen-bond acceptors (Lipinski definition) is 5. The molecule has 1 heterocycles. The molecule has 9 heteroatoms. The van der Waals surface area contributed by atoms with E-state index in [1.807, 2.05) is 0 Å². The van der Waals surface area contributed by atoms with Crippen LogP contribution in [0.4, 0.5) is 5.69 Å². The van der Waals surface area contributed by atoms with Crippen molar-refractivity contribution in [2.24, 2.45) is 0 Å². The predicted octanol–water partition coefficient (Wildman–Crippen LogP) is 2.45. The van der Waals surface area contributed by atoms with Gasteiger partial charge in [0.05, 0.1) is 24.1 Å². The van der Waals surface area contributed by atoms with Gasteiger partial charge in [-0.3, -0.25) is 4.79 Å². The van der Waals surface area contributed by atoms with Crippen LogP contribution >= 0.6 is 15.9 Å². The third-order valence-electron chi connectivity index (χ3n) is 4.58. The number of carbonyl (C=O) groups is 2. The topological polar surface area (TPSA) is 84.0 Å². The molecule has 0 radical (unpaired) electrons. The summed E-state index contributed by atoms with van der Waals surface area (Å²) in [5, 5.41) is 0. The molecule has 0 aromatic heterocycles. The maximum atomic E-state index is 12.7. The first-order valence-electron chi connectivity index (χ1n) is 8.47. The second-order valence-corrected chi connectivity index (χ2v) is 9.31. The van der Waals surface area contributed by atoms with Crippen LogP contribution in [-0.4, -0.2) is 51.8 Å². The van der Waals surface area contributed by atoms with Crippen molar-refractivity contribution in [3.8, 4) is 0 Å². The molecular weight excluding hydrogens is 448 g/mol. The summed E-state index contributed by atoms with van der Waals surface area (Å²) < 4.78 is 31.9. The van der Waals surface area contributed by atoms with Gasteiger partial charge in [0.25, 0.3) is 0 Å². The minimum atomic E-state index is -3.78. The van der Waals surface area contributed by atoms with Crippen LogP contribution in [0, 0.1) is 0 Å². The molecule has 2 aromatic carbocycles. The molecule has 0 unspecified atom stereocenters. The number of fused-ring (bicyclic) bond motifs is 1. The standard InChI is InChI=1S/C19H19BrN2O5S/c1-21(28(25,26)16-6-4-15(20)5-7-16)12-18(23)22-10-9-13-11-14(19(24)27-2)3-8-17(13)22/h3-8,11H,9-10,12H2,1-2H3. The van der Waals surface area contributed by atoms with E-state index in [1.165, 1.54) is 26.3 Å². The Labute approximate surface area is 172 Å². The summed E-state index contributed by atoms with van der Waals surface area (Å²) in [6, 6.07) is 11.2. The number of amides is 1. The molecule has 0 atom stereocenters. The van der Waals surface area contributed by atoms with Crippen LogP contribution in [0.1, 0.15) is 15.9 Å². The number of esters is 1. The molecule has 7 nitrogen and oxygen atoms in total. The van der Waals surface area contributed by atoms with Gasteiger partial charge in [-0.25, -0.2) is 13.2 Å². The van der Waals surface area contributed by atoms with E-state index in [-0.39, 0.29) is 17.3 Å². The molecular formula is C19H19BrN2O5S. The van der Waals surface area contributed by atoms with E-state index in [0.717, 1.165) is 14.3 Å². The summed E-state index contributed by atoms with van der Waals surface area (Å²) in [7, 11) is -1.08. The lowest BCUT2D eigenvalue weighted by Crippen LogP contribution is -2.40. The van der Waals surface area contributed by atoms with Gasteiger partial charge in [-0.1, -0.05) is 15.9 Å². The molecule has 1 amide bonds. The lowest BCUT2D eigenvalue weighted by atomic mass is 10.1. The molecule has 0 bridgehead atoms. The van der Waals surface area contributed by atoms with Crippen LogP contribution < -0.4 is 4.90 Å². The van der Waals surface area contributed by atoms with E-state index in [1.54, 1.807) is 35.2 Å². The smallest absolute Gasteiger partial charge is 0.337 e. The maximum Gasteiger partial charge on any atom is 0.337 e. The Balaban J connectivity index is 1.76. The summed E-state index contributed by atoms with van der Waals surface area (Å²) in [5.41, 5.74) is 1.97. The van der Waals surface area contributed by atoms with Gasteiger partial charge in [0.2, 0.25) is 15.9 Å². The van der Waals surface area contributed by atoms with Crippen LogP contribution in [0.5, 0.6) is 0 Å². The zero-order valence-corrected chi connectivity index (χ0v) is 17.8. The molecule has 1 aliphatic heterocycles. The maximum absolute atomic E-state index is 12.7. The zero-order chi connectivity index (χ0) is 20.5. The van der Waals surface area contributed by atoms with Crippen LogP contribution in [-0.2, 0) is 26.0 Å². The highest BCUT2D eigenvalue weighted by Gasteiger charge is 2.29. The third-order valence-corrected chi connectivity index (χ3v) is 6.92. The lowest BCUT2D eigenvalue weighted by Gasteiger charge is -2.22. The summed E-state index contributed by atoms with van der Waals surface area (Å²) in [4.78, 5) is 26.1. The number of hydrogen-bond donors (Lipinski definition) is 0. The van der Waals surface area contributed by atoms with Gasteiger partial charge in [0.15, 0.2) is 0 Å². The van der Waals surface area contributed by atoms with Gasteiger partial charge in [-0.2, -0.15) is 4.31 Å². The normalized spacial score (nSPS) is 13.5. The Hall–Kier alpha value is -2.23. The van der Waals surface area contributed by atoms with E-state index < -0.39 is 16.0 Å². The van der Waals surface area contributed by atoms with Crippen molar-refractivity contribution in [2.75, 3.05) is 32.1 Å². The number of ether oxygens (including phenoxy) is 1. The number of likely N-dealkylation sites (N-methyl/N-ethyl adjacent to an activating group) is 1. The van der Waals surface area contributed by atoms with Crippen molar-refractivity contribution in [1.29, 1.82) is 0 Å². The summed E-state index contributed by atoms with van der Waals surface area (Å²) in [6.07, 6.45) is 0.592. The Morgan fingerprint density at radius 1 is 1.18 bits per heavy atom. The monoisotopic (exact) mass is 466 g/mol.